The van der Waals surface area contributed by atoms with Crippen molar-refractivity contribution in [2.75, 3.05) is 33.4 Å². The molecule has 0 fully saturated rings. The van der Waals surface area contributed by atoms with E-state index in [1.807, 2.05) is 24.3 Å². The molecule has 1 aromatic carbocycles. The molecule has 2 rings (SSSR count). The Morgan fingerprint density at radius 3 is 3.00 bits per heavy atom. The van der Waals surface area contributed by atoms with Gasteiger partial charge in [-0.15, -0.1) is 0 Å². The summed E-state index contributed by atoms with van der Waals surface area (Å²) in [6.45, 7) is 1.71. The van der Waals surface area contributed by atoms with Crippen LogP contribution in [-0.2, 0) is 4.74 Å². The number of para-hydroxylation sites is 1. The molecule has 0 amide bonds. The number of nitrogens with zero attached hydrogens (tertiary/aromatic N) is 1. The predicted octanol–water partition coefficient (Wildman–Crippen LogP) is 1.28. The summed E-state index contributed by atoms with van der Waals surface area (Å²) >= 11 is 0. The molecule has 1 heterocycles. The van der Waals surface area contributed by atoms with Gasteiger partial charge in [0.05, 0.1) is 12.0 Å². The molecule has 1 aromatic heterocycles. The van der Waals surface area contributed by atoms with Gasteiger partial charge in [0.1, 0.15) is 24.4 Å². The van der Waals surface area contributed by atoms with Crippen molar-refractivity contribution in [1.29, 1.82) is 5.26 Å². The molecule has 0 aliphatic heterocycles. The van der Waals surface area contributed by atoms with E-state index in [-0.39, 0.29) is 12.4 Å². The summed E-state index contributed by atoms with van der Waals surface area (Å²) in [4.78, 5) is 0. The third kappa shape index (κ3) is 3.95. The predicted molar refractivity (Wildman–Crippen MR) is 77.2 cm³/mol. The van der Waals surface area contributed by atoms with Crippen LogP contribution in [0.15, 0.2) is 28.7 Å². The smallest absolute Gasteiger partial charge is 0.246 e. The minimum absolute atomic E-state index is 0.0815. The molecule has 0 spiro atoms. The number of nitrogens with one attached hydrogen (secondary N) is 1. The topological polar surface area (TPSA) is 87.6 Å². The standard InChI is InChI=1S/C15H18N2O4/c1-19-7-6-17-9-11(18)10-20-15-12-4-2-3-5-13(12)21-14(15)8-16/h2-5,11,17-18H,6-7,9-10H2,1H3. The molecular formula is C15H18N2O4. The van der Waals surface area contributed by atoms with Crippen LogP contribution in [0, 0.1) is 11.3 Å². The lowest BCUT2D eigenvalue weighted by Gasteiger charge is -2.12. The fourth-order valence-corrected chi connectivity index (χ4v) is 1.92. The van der Waals surface area contributed by atoms with Gasteiger partial charge >= 0.3 is 0 Å². The average Bonchev–Trinajstić information content (AvgIpc) is 2.87. The van der Waals surface area contributed by atoms with E-state index in [2.05, 4.69) is 5.32 Å². The third-order valence-electron chi connectivity index (χ3n) is 2.93. The van der Waals surface area contributed by atoms with E-state index in [1.165, 1.54) is 0 Å². The zero-order chi connectivity index (χ0) is 15.1. The highest BCUT2D eigenvalue weighted by atomic mass is 16.5. The van der Waals surface area contributed by atoms with E-state index < -0.39 is 6.10 Å². The maximum Gasteiger partial charge on any atom is 0.246 e. The highest BCUT2D eigenvalue weighted by Crippen LogP contribution is 2.32. The lowest BCUT2D eigenvalue weighted by molar-refractivity contribution is 0.103. The van der Waals surface area contributed by atoms with E-state index in [0.717, 1.165) is 5.39 Å². The van der Waals surface area contributed by atoms with Gasteiger partial charge in [-0.3, -0.25) is 0 Å². The van der Waals surface area contributed by atoms with Crippen molar-refractivity contribution in [1.82, 2.24) is 5.32 Å². The number of ether oxygens (including phenoxy) is 2. The van der Waals surface area contributed by atoms with Crippen molar-refractivity contribution >= 4 is 11.0 Å². The summed E-state index contributed by atoms with van der Waals surface area (Å²) in [7, 11) is 1.62. The first kappa shape index (κ1) is 15.3. The molecule has 2 aromatic rings. The molecule has 1 unspecified atom stereocenters. The fourth-order valence-electron chi connectivity index (χ4n) is 1.92. The molecule has 0 aliphatic rings. The molecule has 2 N–H and O–H groups in total. The Balaban J connectivity index is 1.95. The van der Waals surface area contributed by atoms with Gasteiger partial charge in [-0.2, -0.15) is 5.26 Å². The van der Waals surface area contributed by atoms with E-state index in [0.29, 0.717) is 31.0 Å². The van der Waals surface area contributed by atoms with Crippen LogP contribution in [-0.4, -0.2) is 44.6 Å². The minimum atomic E-state index is -0.679. The van der Waals surface area contributed by atoms with Crippen molar-refractivity contribution < 1.29 is 19.0 Å². The number of rotatable bonds is 8. The number of furan rings is 1. The molecule has 1 atom stereocenters. The van der Waals surface area contributed by atoms with Crippen LogP contribution in [0.4, 0.5) is 0 Å². The third-order valence-corrected chi connectivity index (χ3v) is 2.93. The SMILES string of the molecule is COCCNCC(O)COc1c(C#N)oc2ccccc12. The first-order valence-electron chi connectivity index (χ1n) is 6.68. The number of aliphatic hydroxyl groups is 1. The zero-order valence-electron chi connectivity index (χ0n) is 11.8. The Labute approximate surface area is 122 Å². The Kier molecular flexibility index (Phi) is 5.58. The number of aliphatic hydroxyl groups excluding tert-OH is 1. The summed E-state index contributed by atoms with van der Waals surface area (Å²) in [5.74, 6) is 0.500. The van der Waals surface area contributed by atoms with Gasteiger partial charge in [-0.25, -0.2) is 0 Å². The van der Waals surface area contributed by atoms with Gasteiger partial charge in [0.2, 0.25) is 5.76 Å². The van der Waals surface area contributed by atoms with Crippen molar-refractivity contribution in [3.05, 3.63) is 30.0 Å². The van der Waals surface area contributed by atoms with Crippen LogP contribution in [0.25, 0.3) is 11.0 Å². The monoisotopic (exact) mass is 290 g/mol. The number of nitriles is 1. The van der Waals surface area contributed by atoms with Crippen LogP contribution in [0.5, 0.6) is 5.75 Å². The maximum atomic E-state index is 9.84. The second kappa shape index (κ2) is 7.64. The fraction of sp³-hybridized carbons (Fsp3) is 0.400. The van der Waals surface area contributed by atoms with Crippen molar-refractivity contribution in [2.24, 2.45) is 0 Å². The highest BCUT2D eigenvalue weighted by Gasteiger charge is 2.16. The maximum absolute atomic E-state index is 9.84. The van der Waals surface area contributed by atoms with Crippen molar-refractivity contribution in [2.45, 2.75) is 6.10 Å². The van der Waals surface area contributed by atoms with Crippen molar-refractivity contribution in [3.8, 4) is 11.8 Å². The molecule has 112 valence electrons. The first-order chi connectivity index (χ1) is 10.3. The lowest BCUT2D eigenvalue weighted by atomic mass is 10.2. The lowest BCUT2D eigenvalue weighted by Crippen LogP contribution is -2.33. The van der Waals surface area contributed by atoms with Gasteiger partial charge in [0, 0.05) is 20.2 Å². The van der Waals surface area contributed by atoms with Crippen molar-refractivity contribution in [3.63, 3.8) is 0 Å². The zero-order valence-corrected chi connectivity index (χ0v) is 11.8. The highest BCUT2D eigenvalue weighted by molar-refractivity contribution is 5.86. The molecule has 0 radical (unpaired) electrons. The quantitative estimate of drug-likeness (QED) is 0.712. The van der Waals surface area contributed by atoms with Gasteiger partial charge in [0.15, 0.2) is 5.75 Å². The van der Waals surface area contributed by atoms with Crippen LogP contribution in [0.2, 0.25) is 0 Å². The largest absolute Gasteiger partial charge is 0.485 e. The van der Waals surface area contributed by atoms with Gasteiger partial charge in [-0.05, 0) is 12.1 Å². The normalized spacial score (nSPS) is 12.2. The molecule has 6 heteroatoms. The molecule has 21 heavy (non-hydrogen) atoms. The first-order valence-corrected chi connectivity index (χ1v) is 6.68. The number of methoxy groups -OCH3 is 1. The summed E-state index contributed by atoms with van der Waals surface area (Å²) in [6.07, 6.45) is -0.679. The van der Waals surface area contributed by atoms with Gasteiger partial charge in [-0.1, -0.05) is 12.1 Å². The van der Waals surface area contributed by atoms with Crippen LogP contribution in [0.1, 0.15) is 5.76 Å². The number of fused-ring (bicyclic) bond motifs is 1. The summed E-state index contributed by atoms with van der Waals surface area (Å²) < 4.78 is 15.9. The van der Waals surface area contributed by atoms with Gasteiger partial charge < -0.3 is 24.3 Å². The summed E-state index contributed by atoms with van der Waals surface area (Å²) in [5, 5.41) is 22.7. The summed E-state index contributed by atoms with van der Waals surface area (Å²) in [5.41, 5.74) is 0.594. The van der Waals surface area contributed by atoms with E-state index in [9.17, 15) is 5.11 Å². The second-order valence-electron chi connectivity index (χ2n) is 4.53. The van der Waals surface area contributed by atoms with Crippen LogP contribution in [0.3, 0.4) is 0 Å². The Morgan fingerprint density at radius 2 is 2.24 bits per heavy atom. The Morgan fingerprint density at radius 1 is 1.43 bits per heavy atom. The second-order valence-corrected chi connectivity index (χ2v) is 4.53. The van der Waals surface area contributed by atoms with E-state index in [1.54, 1.807) is 13.2 Å². The molecule has 0 bridgehead atoms. The molecule has 0 saturated carbocycles. The van der Waals surface area contributed by atoms with E-state index >= 15 is 0 Å². The molecule has 0 saturated heterocycles. The Hall–Kier alpha value is -2.07. The van der Waals surface area contributed by atoms with E-state index in [4.69, 9.17) is 19.2 Å². The van der Waals surface area contributed by atoms with Crippen LogP contribution >= 0.6 is 0 Å². The summed E-state index contributed by atoms with van der Waals surface area (Å²) in [6, 6.07) is 9.22. The Bertz CT molecular complexity index is 618. The number of hydrogen-bond acceptors (Lipinski definition) is 6. The number of benzene rings is 1. The average molecular weight is 290 g/mol. The van der Waals surface area contributed by atoms with Gasteiger partial charge in [0.25, 0.3) is 0 Å². The molecular weight excluding hydrogens is 272 g/mol. The molecule has 6 nitrogen and oxygen atoms in total. The molecule has 0 aliphatic carbocycles. The number of hydrogen-bond donors (Lipinski definition) is 2. The van der Waals surface area contributed by atoms with Crippen LogP contribution < -0.4 is 10.1 Å². The minimum Gasteiger partial charge on any atom is -0.485 e.